The molecule has 3 atom stereocenters. The summed E-state index contributed by atoms with van der Waals surface area (Å²) in [5.74, 6) is 1.41. The third-order valence-corrected chi connectivity index (χ3v) is 6.25. The van der Waals surface area contributed by atoms with E-state index in [9.17, 15) is 9.18 Å². The molecule has 10 heteroatoms. The van der Waals surface area contributed by atoms with Crippen molar-refractivity contribution >= 4 is 22.8 Å². The first-order chi connectivity index (χ1) is 15.4. The topological polar surface area (TPSA) is 97.2 Å². The number of carbonyl (C=O) groups excluding carboxylic acids is 1. The molecule has 1 aromatic carbocycles. The Labute approximate surface area is 185 Å². The van der Waals surface area contributed by atoms with Crippen molar-refractivity contribution in [2.24, 2.45) is 0 Å². The summed E-state index contributed by atoms with van der Waals surface area (Å²) in [6.07, 6.45) is 2.03. The fourth-order valence-electron chi connectivity index (χ4n) is 4.63. The molecule has 2 aliphatic rings. The van der Waals surface area contributed by atoms with Crippen LogP contribution in [0.4, 0.5) is 10.2 Å². The zero-order valence-electron chi connectivity index (χ0n) is 18.3. The number of benzene rings is 1. The summed E-state index contributed by atoms with van der Waals surface area (Å²) in [4.78, 5) is 28.4. The minimum absolute atomic E-state index is 0.0320. The van der Waals surface area contributed by atoms with Crippen molar-refractivity contribution in [3.63, 3.8) is 0 Å². The van der Waals surface area contributed by atoms with Crippen LogP contribution in [0.5, 0.6) is 0 Å². The maximum absolute atomic E-state index is 14.5. The largest absolute Gasteiger partial charge is 0.378 e. The van der Waals surface area contributed by atoms with Crippen LogP contribution in [-0.2, 0) is 16.1 Å². The van der Waals surface area contributed by atoms with Crippen LogP contribution >= 0.6 is 0 Å². The van der Waals surface area contributed by atoms with Gasteiger partial charge in [0.15, 0.2) is 5.82 Å². The predicted octanol–water partition coefficient (Wildman–Crippen LogP) is 1.57. The number of nitrogens with zero attached hydrogens (tertiary/aromatic N) is 5. The number of fused-ring (bicyclic) bond motifs is 5. The Morgan fingerprint density at radius 2 is 2.09 bits per heavy atom. The molecular weight excluding hydrogens is 413 g/mol. The van der Waals surface area contributed by atoms with Gasteiger partial charge in [0, 0.05) is 51.1 Å². The maximum Gasteiger partial charge on any atom is 0.239 e. The van der Waals surface area contributed by atoms with Gasteiger partial charge in [-0.2, -0.15) is 0 Å². The highest BCUT2D eigenvalue weighted by Crippen LogP contribution is 2.30. The molecule has 0 spiro atoms. The summed E-state index contributed by atoms with van der Waals surface area (Å²) in [5.41, 5.74) is 1.85. The van der Waals surface area contributed by atoms with Crippen molar-refractivity contribution in [1.82, 2.24) is 29.7 Å². The van der Waals surface area contributed by atoms with E-state index in [4.69, 9.17) is 4.74 Å². The Morgan fingerprint density at radius 1 is 1.25 bits per heavy atom. The Bertz CT molecular complexity index is 1180. The van der Waals surface area contributed by atoms with E-state index in [1.165, 1.54) is 12.1 Å². The van der Waals surface area contributed by atoms with E-state index in [1.807, 2.05) is 11.5 Å². The summed E-state index contributed by atoms with van der Waals surface area (Å²) in [7, 11) is 3.43. The minimum Gasteiger partial charge on any atom is -0.378 e. The van der Waals surface area contributed by atoms with Crippen molar-refractivity contribution in [1.29, 1.82) is 0 Å². The van der Waals surface area contributed by atoms with Crippen LogP contribution in [-0.4, -0.2) is 75.8 Å². The molecule has 1 unspecified atom stereocenters. The molecule has 168 valence electrons. The van der Waals surface area contributed by atoms with E-state index in [0.29, 0.717) is 48.8 Å². The molecular formula is C22H26FN7O2. The average molecular weight is 439 g/mol. The molecule has 1 amide bonds. The Kier molecular flexibility index (Phi) is 5.26. The zero-order valence-corrected chi connectivity index (χ0v) is 18.3. The monoisotopic (exact) mass is 439 g/mol. The van der Waals surface area contributed by atoms with Crippen molar-refractivity contribution < 1.29 is 13.9 Å². The fraction of sp³-hybridized carbons (Fsp3) is 0.455. The first-order valence-electron chi connectivity index (χ1n) is 10.7. The highest BCUT2D eigenvalue weighted by Gasteiger charge is 2.32. The second-order valence-corrected chi connectivity index (χ2v) is 8.47. The molecule has 9 nitrogen and oxygen atoms in total. The molecule has 0 radical (unpaired) electrons. The van der Waals surface area contributed by atoms with Gasteiger partial charge in [-0.25, -0.2) is 19.3 Å². The van der Waals surface area contributed by atoms with E-state index in [0.717, 1.165) is 11.3 Å². The smallest absolute Gasteiger partial charge is 0.239 e. The van der Waals surface area contributed by atoms with Crippen molar-refractivity contribution in [2.75, 3.05) is 32.6 Å². The van der Waals surface area contributed by atoms with Crippen LogP contribution in [0.2, 0.25) is 0 Å². The highest BCUT2D eigenvalue weighted by atomic mass is 19.1. The summed E-state index contributed by atoms with van der Waals surface area (Å²) in [5, 5.41) is 6.69. The number of amides is 1. The van der Waals surface area contributed by atoms with Crippen LogP contribution in [0, 0.1) is 12.7 Å². The fourth-order valence-corrected chi connectivity index (χ4v) is 4.63. The van der Waals surface area contributed by atoms with Gasteiger partial charge in [0.2, 0.25) is 5.91 Å². The van der Waals surface area contributed by atoms with Gasteiger partial charge in [0.05, 0.1) is 29.7 Å². The van der Waals surface area contributed by atoms with Crippen LogP contribution in [0.15, 0.2) is 24.4 Å². The predicted molar refractivity (Wildman–Crippen MR) is 118 cm³/mol. The number of rotatable bonds is 1. The first-order valence-corrected chi connectivity index (χ1v) is 10.7. The van der Waals surface area contributed by atoms with E-state index in [1.54, 1.807) is 31.3 Å². The number of anilines is 1. The molecule has 32 heavy (non-hydrogen) atoms. The van der Waals surface area contributed by atoms with E-state index in [2.05, 4.69) is 25.6 Å². The lowest BCUT2D eigenvalue weighted by Crippen LogP contribution is -2.45. The quantitative estimate of drug-likeness (QED) is 0.594. The first kappa shape index (κ1) is 20.8. The number of ether oxygens (including phenoxy) is 1. The lowest BCUT2D eigenvalue weighted by Gasteiger charge is -2.26. The molecule has 4 bridgehead atoms. The molecule has 1 fully saturated rings. The number of likely N-dealkylation sites (N-methyl/N-ethyl adjacent to an activating group) is 1. The van der Waals surface area contributed by atoms with Gasteiger partial charge < -0.3 is 24.8 Å². The van der Waals surface area contributed by atoms with Gasteiger partial charge in [-0.05, 0) is 25.5 Å². The minimum atomic E-state index is -0.395. The number of hydrogen-bond donors (Lipinski definition) is 2. The van der Waals surface area contributed by atoms with Gasteiger partial charge in [0.25, 0.3) is 0 Å². The number of methoxy groups -OCH3 is 1. The van der Waals surface area contributed by atoms with Crippen LogP contribution in [0.25, 0.3) is 22.4 Å². The maximum atomic E-state index is 14.5. The van der Waals surface area contributed by atoms with Gasteiger partial charge in [-0.3, -0.25) is 4.79 Å². The van der Waals surface area contributed by atoms with Gasteiger partial charge >= 0.3 is 0 Å². The summed E-state index contributed by atoms with van der Waals surface area (Å²) in [6, 6.07) is 4.42. The lowest BCUT2D eigenvalue weighted by molar-refractivity contribution is -0.133. The summed E-state index contributed by atoms with van der Waals surface area (Å²) < 4.78 is 22.2. The molecule has 2 aromatic heterocycles. The van der Waals surface area contributed by atoms with Crippen LogP contribution < -0.4 is 10.6 Å². The summed E-state index contributed by atoms with van der Waals surface area (Å²) >= 11 is 0. The van der Waals surface area contributed by atoms with E-state index in [-0.39, 0.29) is 24.1 Å². The standard InChI is InChI=1S/C22H26FN7O2/c1-12-26-17-7-13(23)6-16-20(17)30(12)11-15(32-3)10-29(2)22(31)18-8-14(9-25-18)27-19-4-5-24-21(16)28-19/h4-7,14-15,18,25H,8-11H2,1-3H3,(H,24,27,28)/t14?,15-,18-/m0/s1. The lowest BCUT2D eigenvalue weighted by atomic mass is 10.1. The average Bonchev–Trinajstić information content (AvgIpc) is 3.35. The number of carbonyl (C=O) groups is 1. The van der Waals surface area contributed by atoms with Gasteiger partial charge in [-0.1, -0.05) is 0 Å². The molecule has 5 rings (SSSR count). The van der Waals surface area contributed by atoms with Crippen molar-refractivity contribution in [3.05, 3.63) is 36.0 Å². The number of halogens is 1. The van der Waals surface area contributed by atoms with Gasteiger partial charge in [-0.15, -0.1) is 0 Å². The number of hydrogen-bond acceptors (Lipinski definition) is 7. The second-order valence-electron chi connectivity index (χ2n) is 8.47. The molecule has 1 saturated heterocycles. The normalized spacial score (nSPS) is 23.7. The SMILES string of the molecule is CO[C@H]1CN(C)C(=O)[C@@H]2CC(CN2)Nc2ccnc(n2)-c2cc(F)cc3nc(C)n(c23)C1. The summed E-state index contributed by atoms with van der Waals surface area (Å²) in [6.45, 7) is 3.39. The van der Waals surface area contributed by atoms with Crippen molar-refractivity contribution in [3.8, 4) is 11.4 Å². The Hall–Kier alpha value is -3.11. The number of imidazole rings is 1. The number of aryl methyl sites for hydroxylation is 1. The Balaban J connectivity index is 1.68. The third-order valence-electron chi connectivity index (χ3n) is 6.25. The van der Waals surface area contributed by atoms with E-state index >= 15 is 0 Å². The molecule has 0 aliphatic carbocycles. The zero-order chi connectivity index (χ0) is 22.4. The van der Waals surface area contributed by atoms with E-state index < -0.39 is 5.82 Å². The van der Waals surface area contributed by atoms with Crippen LogP contribution in [0.1, 0.15) is 12.2 Å². The van der Waals surface area contributed by atoms with Gasteiger partial charge in [0.1, 0.15) is 17.5 Å². The number of nitrogens with one attached hydrogen (secondary N) is 2. The molecule has 4 heterocycles. The number of aromatic nitrogens is 4. The molecule has 2 aliphatic heterocycles. The van der Waals surface area contributed by atoms with Crippen LogP contribution in [0.3, 0.4) is 0 Å². The third kappa shape index (κ3) is 3.69. The Morgan fingerprint density at radius 3 is 2.91 bits per heavy atom. The second kappa shape index (κ2) is 8.10. The molecule has 0 saturated carbocycles. The van der Waals surface area contributed by atoms with Crippen molar-refractivity contribution in [2.45, 2.75) is 38.1 Å². The molecule has 3 aromatic rings. The highest BCUT2D eigenvalue weighted by molar-refractivity contribution is 5.91. The molecule has 2 N–H and O–H groups in total.